The van der Waals surface area contributed by atoms with Crippen molar-refractivity contribution in [2.75, 3.05) is 11.9 Å². The van der Waals surface area contributed by atoms with Crippen LogP contribution in [0.3, 0.4) is 0 Å². The summed E-state index contributed by atoms with van der Waals surface area (Å²) in [6, 6.07) is 2.05. The van der Waals surface area contributed by atoms with Gasteiger partial charge < -0.3 is 25.6 Å². The van der Waals surface area contributed by atoms with E-state index in [1.807, 2.05) is 0 Å². The Kier molecular flexibility index (Phi) is 5.53. The molecule has 0 aliphatic rings. The van der Waals surface area contributed by atoms with E-state index >= 15 is 0 Å². The van der Waals surface area contributed by atoms with Crippen molar-refractivity contribution in [2.45, 2.75) is 19.9 Å². The zero-order chi connectivity index (χ0) is 16.0. The number of benzene rings is 1. The number of carbonyl (C=O) groups excluding carboxylic acids is 2. The van der Waals surface area contributed by atoms with Crippen molar-refractivity contribution >= 4 is 23.7 Å². The summed E-state index contributed by atoms with van der Waals surface area (Å²) in [6.45, 7) is 3.32. The molecule has 21 heavy (non-hydrogen) atoms. The normalized spacial score (nSPS) is 11.3. The quantitative estimate of drug-likeness (QED) is 0.604. The van der Waals surface area contributed by atoms with Gasteiger partial charge in [0.2, 0.25) is 0 Å². The zero-order valence-electron chi connectivity index (χ0n) is 11.5. The molecule has 0 fully saturated rings. The Labute approximate surface area is 120 Å². The number of aromatic hydroxyl groups is 1. The summed E-state index contributed by atoms with van der Waals surface area (Å²) >= 11 is 0. The fourth-order valence-corrected chi connectivity index (χ4v) is 1.48. The summed E-state index contributed by atoms with van der Waals surface area (Å²) in [7, 11) is 0. The van der Waals surface area contributed by atoms with E-state index in [1.165, 1.54) is 13.0 Å². The van der Waals surface area contributed by atoms with Crippen molar-refractivity contribution in [3.8, 4) is 5.75 Å². The standard InChI is InChI=1S/C13H16N2O6/c1-3-21-12(19)7(2)14-13(20)15-8-4-5-9(11(17)18)10(16)6-8/h4-7,16H,3H2,1-2H3,(H,17,18)(H2,14,15,20). The van der Waals surface area contributed by atoms with Crippen LogP contribution in [-0.2, 0) is 9.53 Å². The second-order valence-corrected chi connectivity index (χ2v) is 4.11. The van der Waals surface area contributed by atoms with Crippen LogP contribution < -0.4 is 10.6 Å². The molecule has 8 nitrogen and oxygen atoms in total. The number of hydrogen-bond acceptors (Lipinski definition) is 5. The molecule has 0 aromatic heterocycles. The molecule has 8 heteroatoms. The number of carboxylic acid groups (broad SMARTS) is 1. The molecule has 1 rings (SSSR count). The van der Waals surface area contributed by atoms with Crippen LogP contribution in [0.5, 0.6) is 5.75 Å². The Morgan fingerprint density at radius 3 is 2.52 bits per heavy atom. The van der Waals surface area contributed by atoms with E-state index in [-0.39, 0.29) is 17.9 Å². The third-order valence-electron chi connectivity index (χ3n) is 2.47. The molecule has 0 radical (unpaired) electrons. The molecule has 1 atom stereocenters. The lowest BCUT2D eigenvalue weighted by Crippen LogP contribution is -2.41. The highest BCUT2D eigenvalue weighted by Crippen LogP contribution is 2.21. The molecular formula is C13H16N2O6. The summed E-state index contributed by atoms with van der Waals surface area (Å²) in [6.07, 6.45) is 0. The van der Waals surface area contributed by atoms with E-state index in [9.17, 15) is 19.5 Å². The van der Waals surface area contributed by atoms with Gasteiger partial charge in [0, 0.05) is 11.8 Å². The summed E-state index contributed by atoms with van der Waals surface area (Å²) < 4.78 is 4.73. The van der Waals surface area contributed by atoms with E-state index < -0.39 is 29.8 Å². The first-order valence-electron chi connectivity index (χ1n) is 6.15. The lowest BCUT2D eigenvalue weighted by Gasteiger charge is -2.13. The largest absolute Gasteiger partial charge is 0.507 e. The molecule has 1 unspecified atom stereocenters. The number of carbonyl (C=O) groups is 3. The van der Waals surface area contributed by atoms with E-state index in [4.69, 9.17) is 9.84 Å². The third kappa shape index (κ3) is 4.68. The maximum atomic E-state index is 11.6. The number of hydrogen-bond donors (Lipinski definition) is 4. The number of nitrogens with one attached hydrogen (secondary N) is 2. The molecule has 0 saturated carbocycles. The van der Waals surface area contributed by atoms with Crippen LogP contribution in [0.4, 0.5) is 10.5 Å². The molecule has 2 amide bonds. The van der Waals surface area contributed by atoms with Gasteiger partial charge in [-0.25, -0.2) is 14.4 Å². The highest BCUT2D eigenvalue weighted by Gasteiger charge is 2.17. The van der Waals surface area contributed by atoms with E-state index in [0.717, 1.165) is 12.1 Å². The van der Waals surface area contributed by atoms with Crippen LogP contribution in [0.25, 0.3) is 0 Å². The van der Waals surface area contributed by atoms with Gasteiger partial charge in [-0.3, -0.25) is 0 Å². The average Bonchev–Trinajstić information content (AvgIpc) is 2.38. The van der Waals surface area contributed by atoms with Crippen LogP contribution in [0.2, 0.25) is 0 Å². The average molecular weight is 296 g/mol. The van der Waals surface area contributed by atoms with Crippen LogP contribution in [-0.4, -0.2) is 40.8 Å². The second kappa shape index (κ2) is 7.13. The van der Waals surface area contributed by atoms with Crippen molar-refractivity contribution in [3.63, 3.8) is 0 Å². The lowest BCUT2D eigenvalue weighted by atomic mass is 10.2. The first-order valence-corrected chi connectivity index (χ1v) is 6.15. The summed E-state index contributed by atoms with van der Waals surface area (Å²) in [5.74, 6) is -2.32. The zero-order valence-corrected chi connectivity index (χ0v) is 11.5. The minimum atomic E-state index is -1.28. The fourth-order valence-electron chi connectivity index (χ4n) is 1.48. The van der Waals surface area contributed by atoms with Gasteiger partial charge in [-0.05, 0) is 26.0 Å². The van der Waals surface area contributed by atoms with Gasteiger partial charge in [-0.2, -0.15) is 0 Å². The van der Waals surface area contributed by atoms with Crippen molar-refractivity contribution < 1.29 is 29.3 Å². The first-order chi connectivity index (χ1) is 9.85. The van der Waals surface area contributed by atoms with Gasteiger partial charge in [0.1, 0.15) is 17.4 Å². The van der Waals surface area contributed by atoms with Crippen LogP contribution in [0, 0.1) is 0 Å². The van der Waals surface area contributed by atoms with Gasteiger partial charge in [-0.1, -0.05) is 0 Å². The maximum Gasteiger partial charge on any atom is 0.339 e. The lowest BCUT2D eigenvalue weighted by molar-refractivity contribution is -0.144. The van der Waals surface area contributed by atoms with Crippen molar-refractivity contribution in [3.05, 3.63) is 23.8 Å². The molecule has 0 saturated heterocycles. The molecular weight excluding hydrogens is 280 g/mol. The Bertz CT molecular complexity index is 558. The summed E-state index contributed by atoms with van der Waals surface area (Å²) in [5.41, 5.74) is -0.0908. The highest BCUT2D eigenvalue weighted by molar-refractivity contribution is 5.95. The Hall–Kier alpha value is -2.77. The van der Waals surface area contributed by atoms with Crippen LogP contribution >= 0.6 is 0 Å². The maximum absolute atomic E-state index is 11.6. The molecule has 0 heterocycles. The van der Waals surface area contributed by atoms with Gasteiger partial charge in [-0.15, -0.1) is 0 Å². The smallest absolute Gasteiger partial charge is 0.339 e. The highest BCUT2D eigenvalue weighted by atomic mass is 16.5. The molecule has 0 aliphatic heterocycles. The number of aromatic carboxylic acids is 1. The Balaban J connectivity index is 2.65. The molecule has 1 aromatic carbocycles. The molecule has 0 spiro atoms. The summed E-state index contributed by atoms with van der Waals surface area (Å²) in [4.78, 5) is 33.7. The number of phenols is 1. The predicted octanol–water partition coefficient (Wildman–Crippen LogP) is 1.16. The SMILES string of the molecule is CCOC(=O)C(C)NC(=O)Nc1ccc(C(=O)O)c(O)c1. The van der Waals surface area contributed by atoms with Crippen LogP contribution in [0.15, 0.2) is 18.2 Å². The molecule has 0 aliphatic carbocycles. The first kappa shape index (κ1) is 16.3. The monoisotopic (exact) mass is 296 g/mol. The topological polar surface area (TPSA) is 125 Å². The molecule has 4 N–H and O–H groups in total. The van der Waals surface area contributed by atoms with Gasteiger partial charge >= 0.3 is 18.0 Å². The van der Waals surface area contributed by atoms with E-state index in [2.05, 4.69) is 10.6 Å². The fraction of sp³-hybridized carbons (Fsp3) is 0.308. The minimum absolute atomic E-state index is 0.186. The van der Waals surface area contributed by atoms with Gasteiger partial charge in [0.05, 0.1) is 6.61 Å². The van der Waals surface area contributed by atoms with Gasteiger partial charge in [0.25, 0.3) is 0 Å². The van der Waals surface area contributed by atoms with Crippen molar-refractivity contribution in [1.29, 1.82) is 0 Å². The number of esters is 1. The Morgan fingerprint density at radius 2 is 2.00 bits per heavy atom. The summed E-state index contributed by atoms with van der Waals surface area (Å²) in [5, 5.41) is 23.0. The van der Waals surface area contributed by atoms with E-state index in [1.54, 1.807) is 6.92 Å². The number of amides is 2. The van der Waals surface area contributed by atoms with Gasteiger partial charge in [0.15, 0.2) is 0 Å². The molecule has 114 valence electrons. The van der Waals surface area contributed by atoms with Crippen molar-refractivity contribution in [2.24, 2.45) is 0 Å². The number of ether oxygens (including phenoxy) is 1. The second-order valence-electron chi connectivity index (χ2n) is 4.11. The number of anilines is 1. The molecule has 0 bridgehead atoms. The number of carboxylic acids is 1. The third-order valence-corrected chi connectivity index (χ3v) is 2.47. The van der Waals surface area contributed by atoms with Crippen LogP contribution in [0.1, 0.15) is 24.2 Å². The number of urea groups is 1. The number of rotatable bonds is 5. The Morgan fingerprint density at radius 1 is 1.33 bits per heavy atom. The van der Waals surface area contributed by atoms with Crippen molar-refractivity contribution in [1.82, 2.24) is 5.32 Å². The minimum Gasteiger partial charge on any atom is -0.507 e. The van der Waals surface area contributed by atoms with E-state index in [0.29, 0.717) is 0 Å². The molecule has 1 aromatic rings. The predicted molar refractivity (Wildman–Crippen MR) is 73.3 cm³/mol.